The number of hydrogen-bond donors (Lipinski definition) is 4. The predicted molar refractivity (Wildman–Crippen MR) is 133 cm³/mol. The Morgan fingerprint density at radius 3 is 2.97 bits per heavy atom. The van der Waals surface area contributed by atoms with Crippen LogP contribution in [0.3, 0.4) is 0 Å². The standard InChI is InChI=1S/C24H25N5O6S/c1-34-21-5-3-16-22(28-21)15(6-7-26-16)23(32)18(30)10-25-9-14-11-29(24(33)35-14)13-2-4-19-17(8-13)27-20(31)12-36-19/h2-8,14,18,23,25,30,32H,9-12H2,1H3,(H,27,31)/t14-,18-,23-/m1/s1. The number of rotatable bonds is 8. The van der Waals surface area contributed by atoms with Crippen LogP contribution < -0.4 is 20.3 Å². The third-order valence-corrected chi connectivity index (χ3v) is 7.06. The van der Waals surface area contributed by atoms with Crippen LogP contribution in [0.25, 0.3) is 11.0 Å². The highest BCUT2D eigenvalue weighted by atomic mass is 32.2. The first kappa shape index (κ1) is 24.3. The Balaban J connectivity index is 1.18. The third-order valence-electron chi connectivity index (χ3n) is 5.99. The number of nitrogens with zero attached hydrogens (tertiary/aromatic N) is 3. The fourth-order valence-corrected chi connectivity index (χ4v) is 4.96. The van der Waals surface area contributed by atoms with Gasteiger partial charge in [-0.15, -0.1) is 11.8 Å². The van der Waals surface area contributed by atoms with Crippen molar-refractivity contribution in [3.63, 3.8) is 0 Å². The molecule has 1 saturated heterocycles. The third kappa shape index (κ3) is 4.93. The molecule has 12 heteroatoms. The quantitative estimate of drug-likeness (QED) is 0.352. The first-order valence-electron chi connectivity index (χ1n) is 11.3. The van der Waals surface area contributed by atoms with E-state index in [0.29, 0.717) is 46.1 Å². The number of pyridine rings is 2. The second kappa shape index (κ2) is 10.3. The van der Waals surface area contributed by atoms with Gasteiger partial charge in [0.25, 0.3) is 0 Å². The highest BCUT2D eigenvalue weighted by Gasteiger charge is 2.33. The molecule has 2 aliphatic rings. The minimum atomic E-state index is -1.21. The van der Waals surface area contributed by atoms with Gasteiger partial charge < -0.3 is 30.3 Å². The van der Waals surface area contributed by atoms with Crippen LogP contribution in [0.5, 0.6) is 5.88 Å². The SMILES string of the molecule is COc1ccc2nccc([C@@H](O)[C@H](O)CNC[C@@H]3CN(c4ccc5c(c4)NC(=O)CS5)C(=O)O3)c2n1. The molecule has 0 bridgehead atoms. The summed E-state index contributed by atoms with van der Waals surface area (Å²) in [6.45, 7) is 0.654. The van der Waals surface area contributed by atoms with E-state index in [0.717, 1.165) is 4.90 Å². The summed E-state index contributed by atoms with van der Waals surface area (Å²) in [5.41, 5.74) is 2.77. The van der Waals surface area contributed by atoms with Crippen LogP contribution in [-0.4, -0.2) is 76.9 Å². The van der Waals surface area contributed by atoms with Gasteiger partial charge in [0.1, 0.15) is 12.2 Å². The van der Waals surface area contributed by atoms with E-state index < -0.39 is 24.4 Å². The number of thioether (sulfide) groups is 1. The van der Waals surface area contributed by atoms with E-state index in [9.17, 15) is 19.8 Å². The highest BCUT2D eigenvalue weighted by Crippen LogP contribution is 2.35. The summed E-state index contributed by atoms with van der Waals surface area (Å²) in [4.78, 5) is 35.2. The van der Waals surface area contributed by atoms with Crippen molar-refractivity contribution >= 4 is 46.2 Å². The van der Waals surface area contributed by atoms with E-state index in [4.69, 9.17) is 9.47 Å². The van der Waals surface area contributed by atoms with Gasteiger partial charge in [-0.3, -0.25) is 14.7 Å². The number of amides is 2. The molecule has 3 atom stereocenters. The van der Waals surface area contributed by atoms with Crippen LogP contribution in [0.1, 0.15) is 11.7 Å². The first-order valence-corrected chi connectivity index (χ1v) is 12.3. The topological polar surface area (TPSA) is 146 Å². The summed E-state index contributed by atoms with van der Waals surface area (Å²) in [6, 6.07) is 10.5. The van der Waals surface area contributed by atoms with Gasteiger partial charge in [-0.25, -0.2) is 9.78 Å². The lowest BCUT2D eigenvalue weighted by Gasteiger charge is -2.21. The van der Waals surface area contributed by atoms with Crippen molar-refractivity contribution in [1.82, 2.24) is 15.3 Å². The molecular weight excluding hydrogens is 486 g/mol. The van der Waals surface area contributed by atoms with Gasteiger partial charge in [-0.1, -0.05) is 0 Å². The number of hydrogen-bond acceptors (Lipinski definition) is 10. The Hall–Kier alpha value is -3.45. The Morgan fingerprint density at radius 2 is 2.14 bits per heavy atom. The van der Waals surface area contributed by atoms with E-state index >= 15 is 0 Å². The lowest BCUT2D eigenvalue weighted by atomic mass is 10.0. The Bertz CT molecular complexity index is 1310. The van der Waals surface area contributed by atoms with E-state index in [2.05, 4.69) is 20.6 Å². The van der Waals surface area contributed by atoms with E-state index in [1.54, 1.807) is 30.5 Å². The van der Waals surface area contributed by atoms with Crippen molar-refractivity contribution in [2.45, 2.75) is 23.2 Å². The number of aliphatic hydroxyl groups is 2. The van der Waals surface area contributed by atoms with Crippen molar-refractivity contribution < 1.29 is 29.3 Å². The van der Waals surface area contributed by atoms with Crippen LogP contribution in [-0.2, 0) is 9.53 Å². The van der Waals surface area contributed by atoms with Gasteiger partial charge in [0.2, 0.25) is 11.8 Å². The summed E-state index contributed by atoms with van der Waals surface area (Å²) in [6.07, 6.45) is -1.74. The van der Waals surface area contributed by atoms with Gasteiger partial charge >= 0.3 is 6.09 Å². The number of benzene rings is 1. The monoisotopic (exact) mass is 511 g/mol. The number of nitrogens with one attached hydrogen (secondary N) is 2. The van der Waals surface area contributed by atoms with E-state index in [1.807, 2.05) is 12.1 Å². The molecule has 36 heavy (non-hydrogen) atoms. The van der Waals surface area contributed by atoms with E-state index in [-0.39, 0.29) is 19.0 Å². The Labute approximate surface area is 210 Å². The van der Waals surface area contributed by atoms with Gasteiger partial charge in [-0.2, -0.15) is 0 Å². The molecular formula is C24H25N5O6S. The normalized spacial score (nSPS) is 19.0. The predicted octanol–water partition coefficient (Wildman–Crippen LogP) is 1.69. The number of fused-ring (bicyclic) bond motifs is 2. The highest BCUT2D eigenvalue weighted by molar-refractivity contribution is 8.00. The second-order valence-electron chi connectivity index (χ2n) is 8.43. The average Bonchev–Trinajstić information content (AvgIpc) is 3.27. The number of methoxy groups -OCH3 is 1. The smallest absolute Gasteiger partial charge is 0.414 e. The van der Waals surface area contributed by atoms with Crippen molar-refractivity contribution in [2.75, 3.05) is 42.7 Å². The summed E-state index contributed by atoms with van der Waals surface area (Å²) in [7, 11) is 1.50. The zero-order valence-corrected chi connectivity index (χ0v) is 20.2. The molecule has 4 heterocycles. The fraction of sp³-hybridized carbons (Fsp3) is 0.333. The second-order valence-corrected chi connectivity index (χ2v) is 9.44. The largest absolute Gasteiger partial charge is 0.481 e. The van der Waals surface area contributed by atoms with Gasteiger partial charge in [-0.05, 0) is 30.3 Å². The molecule has 1 aromatic carbocycles. The summed E-state index contributed by atoms with van der Waals surface area (Å²) in [5, 5.41) is 27.2. The Morgan fingerprint density at radius 1 is 1.28 bits per heavy atom. The fourth-order valence-electron chi connectivity index (χ4n) is 4.17. The molecule has 2 aliphatic heterocycles. The molecule has 11 nitrogen and oxygen atoms in total. The van der Waals surface area contributed by atoms with Gasteiger partial charge in [0.15, 0.2) is 0 Å². The maximum absolute atomic E-state index is 12.5. The minimum absolute atomic E-state index is 0.0606. The van der Waals surface area contributed by atoms with E-state index in [1.165, 1.54) is 23.8 Å². The molecule has 0 aliphatic carbocycles. The summed E-state index contributed by atoms with van der Waals surface area (Å²) in [5.74, 6) is 0.671. The molecule has 0 spiro atoms. The van der Waals surface area contributed by atoms with Crippen molar-refractivity contribution in [1.29, 1.82) is 0 Å². The molecule has 0 unspecified atom stereocenters. The average molecular weight is 512 g/mol. The van der Waals surface area contributed by atoms with Crippen molar-refractivity contribution in [2.24, 2.45) is 0 Å². The molecule has 0 saturated carbocycles. The lowest BCUT2D eigenvalue weighted by molar-refractivity contribution is -0.113. The van der Waals surface area contributed by atoms with Crippen LogP contribution in [0, 0.1) is 0 Å². The molecule has 4 N–H and O–H groups in total. The summed E-state index contributed by atoms with van der Waals surface area (Å²) < 4.78 is 10.6. The van der Waals surface area contributed by atoms with Crippen LogP contribution in [0.2, 0.25) is 0 Å². The molecule has 2 amide bonds. The molecule has 3 aromatic rings. The number of aromatic nitrogens is 2. The van der Waals surface area contributed by atoms with Crippen molar-refractivity contribution in [3.05, 3.63) is 48.2 Å². The number of carbonyl (C=O) groups is 2. The van der Waals surface area contributed by atoms with Gasteiger partial charge in [0, 0.05) is 41.5 Å². The van der Waals surface area contributed by atoms with Gasteiger partial charge in [0.05, 0.1) is 42.2 Å². The molecule has 1 fully saturated rings. The Kier molecular flexibility index (Phi) is 6.92. The number of carbonyl (C=O) groups excluding carboxylic acids is 2. The zero-order chi connectivity index (χ0) is 25.2. The summed E-state index contributed by atoms with van der Waals surface area (Å²) >= 11 is 1.45. The molecule has 2 aromatic heterocycles. The van der Waals surface area contributed by atoms with Crippen molar-refractivity contribution in [3.8, 4) is 5.88 Å². The zero-order valence-electron chi connectivity index (χ0n) is 19.4. The number of anilines is 2. The molecule has 5 rings (SSSR count). The van der Waals surface area contributed by atoms with Crippen LogP contribution in [0.15, 0.2) is 47.5 Å². The van der Waals surface area contributed by atoms with Crippen LogP contribution >= 0.6 is 11.8 Å². The molecule has 188 valence electrons. The minimum Gasteiger partial charge on any atom is -0.481 e. The number of aliphatic hydroxyl groups excluding tert-OH is 2. The molecule has 0 radical (unpaired) electrons. The maximum atomic E-state index is 12.5. The first-order chi connectivity index (χ1) is 17.4. The number of cyclic esters (lactones) is 1. The number of ether oxygens (including phenoxy) is 2. The maximum Gasteiger partial charge on any atom is 0.414 e. The van der Waals surface area contributed by atoms with Crippen LogP contribution in [0.4, 0.5) is 16.2 Å². The lowest BCUT2D eigenvalue weighted by Crippen LogP contribution is -2.37.